The van der Waals surface area contributed by atoms with E-state index >= 15 is 0 Å². The summed E-state index contributed by atoms with van der Waals surface area (Å²) in [4.78, 5) is 0. The minimum absolute atomic E-state index is 0.432. The molecule has 2 nitrogen and oxygen atoms in total. The van der Waals surface area contributed by atoms with Gasteiger partial charge >= 0.3 is 0 Å². The molecule has 1 atom stereocenters. The van der Waals surface area contributed by atoms with Crippen LogP contribution in [0, 0.1) is 0 Å². The maximum absolute atomic E-state index is 10.3. The smallest absolute Gasteiger partial charge is 0.144 e. The number of hydrogen-bond donors (Lipinski definition) is 1. The largest absolute Gasteiger partial charge is 0.389 e. The topological polar surface area (TPSA) is 29.5 Å². The van der Waals surface area contributed by atoms with E-state index in [9.17, 15) is 5.11 Å². The van der Waals surface area contributed by atoms with Gasteiger partial charge in [0, 0.05) is 0 Å². The number of benzene rings is 3. The van der Waals surface area contributed by atoms with Crippen LogP contribution in [-0.2, 0) is 10.3 Å². The third-order valence-corrected chi connectivity index (χ3v) is 5.61. The van der Waals surface area contributed by atoms with E-state index in [-0.39, 0.29) is 0 Å². The zero-order valence-corrected chi connectivity index (χ0v) is 17.5. The maximum Gasteiger partial charge on any atom is 0.144 e. The van der Waals surface area contributed by atoms with Crippen molar-refractivity contribution in [1.82, 2.24) is 0 Å². The number of aliphatic hydroxyl groups is 1. The molecule has 29 heavy (non-hydrogen) atoms. The molecule has 0 aliphatic heterocycles. The standard InChI is InChI=1S/C27H30O2/c1-4-26(28)22(3)21(2)20-29-27(23-14-8-5-9-15-23,24-16-10-6-11-17-24)25-18-12-7-13-19-25/h5-19,26,28H,4,20H2,1-3H3/b22-21+/t26-/m1/s1. The van der Waals surface area contributed by atoms with Gasteiger partial charge in [0.15, 0.2) is 0 Å². The van der Waals surface area contributed by atoms with E-state index in [0.29, 0.717) is 13.0 Å². The minimum Gasteiger partial charge on any atom is -0.389 e. The summed E-state index contributed by atoms with van der Waals surface area (Å²) in [5.41, 5.74) is 4.56. The molecular weight excluding hydrogens is 356 g/mol. The molecule has 0 heterocycles. The highest BCUT2D eigenvalue weighted by atomic mass is 16.5. The minimum atomic E-state index is -0.734. The summed E-state index contributed by atoms with van der Waals surface area (Å²) in [6, 6.07) is 31.1. The summed E-state index contributed by atoms with van der Waals surface area (Å²) < 4.78 is 6.80. The van der Waals surface area contributed by atoms with E-state index in [1.807, 2.05) is 75.4 Å². The number of rotatable bonds is 8. The predicted octanol–water partition coefficient (Wildman–Crippen LogP) is 6.10. The van der Waals surface area contributed by atoms with Crippen molar-refractivity contribution < 1.29 is 9.84 Å². The van der Waals surface area contributed by atoms with Crippen molar-refractivity contribution >= 4 is 0 Å². The fourth-order valence-electron chi connectivity index (χ4n) is 3.69. The zero-order valence-electron chi connectivity index (χ0n) is 17.5. The van der Waals surface area contributed by atoms with Gasteiger partial charge in [-0.25, -0.2) is 0 Å². The van der Waals surface area contributed by atoms with Crippen molar-refractivity contribution in [2.75, 3.05) is 6.61 Å². The summed E-state index contributed by atoms with van der Waals surface area (Å²) in [7, 11) is 0. The molecule has 2 heteroatoms. The van der Waals surface area contributed by atoms with Crippen LogP contribution in [0.15, 0.2) is 102 Å². The highest BCUT2D eigenvalue weighted by Gasteiger charge is 2.37. The monoisotopic (exact) mass is 386 g/mol. The van der Waals surface area contributed by atoms with E-state index < -0.39 is 11.7 Å². The molecule has 3 rings (SSSR count). The Hall–Kier alpha value is -2.68. The number of hydrogen-bond acceptors (Lipinski definition) is 2. The average Bonchev–Trinajstić information content (AvgIpc) is 2.80. The molecule has 0 aliphatic rings. The quantitative estimate of drug-likeness (QED) is 0.374. The Labute approximate surface area is 174 Å². The average molecular weight is 387 g/mol. The molecule has 0 fully saturated rings. The van der Waals surface area contributed by atoms with Gasteiger partial charge in [-0.15, -0.1) is 0 Å². The molecule has 0 saturated heterocycles. The van der Waals surface area contributed by atoms with Crippen molar-refractivity contribution in [2.45, 2.75) is 38.9 Å². The number of aliphatic hydroxyl groups excluding tert-OH is 1. The fourth-order valence-corrected chi connectivity index (χ4v) is 3.69. The molecule has 0 aliphatic carbocycles. The highest BCUT2D eigenvalue weighted by Crippen LogP contribution is 2.40. The summed E-state index contributed by atoms with van der Waals surface area (Å²) in [6.07, 6.45) is 0.267. The second-order valence-electron chi connectivity index (χ2n) is 7.46. The first-order chi connectivity index (χ1) is 14.1. The first-order valence-electron chi connectivity index (χ1n) is 10.2. The van der Waals surface area contributed by atoms with Crippen molar-refractivity contribution in [1.29, 1.82) is 0 Å². The summed E-state index contributed by atoms with van der Waals surface area (Å²) in [5, 5.41) is 10.3. The Balaban J connectivity index is 2.15. The van der Waals surface area contributed by atoms with E-state index in [2.05, 4.69) is 36.4 Å². The Bertz CT molecular complexity index is 818. The van der Waals surface area contributed by atoms with Gasteiger partial charge in [-0.3, -0.25) is 0 Å². The molecule has 0 unspecified atom stereocenters. The lowest BCUT2D eigenvalue weighted by molar-refractivity contribution is 0.0268. The van der Waals surface area contributed by atoms with E-state index in [1.165, 1.54) is 0 Å². The van der Waals surface area contributed by atoms with Crippen LogP contribution >= 0.6 is 0 Å². The van der Waals surface area contributed by atoms with E-state index in [4.69, 9.17) is 4.74 Å². The van der Waals surface area contributed by atoms with Crippen LogP contribution in [0.1, 0.15) is 43.9 Å². The Morgan fingerprint density at radius 1 is 0.759 bits per heavy atom. The van der Waals surface area contributed by atoms with Gasteiger partial charge in [0.25, 0.3) is 0 Å². The van der Waals surface area contributed by atoms with Gasteiger partial charge in [0.1, 0.15) is 5.60 Å². The summed E-state index contributed by atoms with van der Waals surface area (Å²) >= 11 is 0. The lowest BCUT2D eigenvalue weighted by atomic mass is 9.80. The molecule has 1 N–H and O–H groups in total. The zero-order chi connectivity index (χ0) is 20.7. The fraction of sp³-hybridized carbons (Fsp3) is 0.259. The van der Waals surface area contributed by atoms with Gasteiger partial charge in [0.05, 0.1) is 12.7 Å². The molecular formula is C27H30O2. The van der Waals surface area contributed by atoms with Gasteiger partial charge in [-0.05, 0) is 48.1 Å². The molecule has 0 radical (unpaired) electrons. The van der Waals surface area contributed by atoms with E-state index in [1.54, 1.807) is 0 Å². The van der Waals surface area contributed by atoms with Crippen molar-refractivity contribution in [3.8, 4) is 0 Å². The normalized spacial score (nSPS) is 13.7. The lowest BCUT2D eigenvalue weighted by Crippen LogP contribution is -2.33. The third kappa shape index (κ3) is 4.50. The maximum atomic E-state index is 10.3. The van der Waals surface area contributed by atoms with Gasteiger partial charge < -0.3 is 9.84 Å². The van der Waals surface area contributed by atoms with Gasteiger partial charge in [-0.1, -0.05) is 97.9 Å². The number of ether oxygens (including phenoxy) is 1. The second kappa shape index (κ2) is 9.69. The van der Waals surface area contributed by atoms with Crippen LogP contribution in [-0.4, -0.2) is 17.8 Å². The molecule has 3 aromatic rings. The summed E-state index contributed by atoms with van der Waals surface area (Å²) in [5.74, 6) is 0. The Morgan fingerprint density at radius 3 is 1.48 bits per heavy atom. The first kappa shape index (κ1) is 21.0. The molecule has 0 bridgehead atoms. The van der Waals surface area contributed by atoms with Crippen LogP contribution in [0.4, 0.5) is 0 Å². The molecule has 0 saturated carbocycles. The molecule has 0 aromatic heterocycles. The van der Waals surface area contributed by atoms with Crippen molar-refractivity contribution in [3.05, 3.63) is 119 Å². The van der Waals surface area contributed by atoms with Crippen LogP contribution in [0.5, 0.6) is 0 Å². The van der Waals surface area contributed by atoms with Crippen molar-refractivity contribution in [2.24, 2.45) is 0 Å². The molecule has 3 aromatic carbocycles. The van der Waals surface area contributed by atoms with Gasteiger partial charge in [-0.2, -0.15) is 0 Å². The van der Waals surface area contributed by atoms with Crippen LogP contribution < -0.4 is 0 Å². The Morgan fingerprint density at radius 2 is 1.14 bits per heavy atom. The Kier molecular flexibility index (Phi) is 7.03. The third-order valence-electron chi connectivity index (χ3n) is 5.61. The predicted molar refractivity (Wildman–Crippen MR) is 120 cm³/mol. The first-order valence-corrected chi connectivity index (χ1v) is 10.2. The highest BCUT2D eigenvalue weighted by molar-refractivity contribution is 5.47. The van der Waals surface area contributed by atoms with Gasteiger partial charge in [0.2, 0.25) is 0 Å². The second-order valence-corrected chi connectivity index (χ2v) is 7.46. The van der Waals surface area contributed by atoms with Crippen LogP contribution in [0.3, 0.4) is 0 Å². The lowest BCUT2D eigenvalue weighted by Gasteiger charge is -2.36. The molecule has 0 amide bonds. The van der Waals surface area contributed by atoms with Crippen LogP contribution in [0.25, 0.3) is 0 Å². The SMILES string of the molecule is CC[C@@H](O)/C(C)=C(\C)COC(c1ccccc1)(c1ccccc1)c1ccccc1. The van der Waals surface area contributed by atoms with E-state index in [0.717, 1.165) is 27.8 Å². The molecule has 150 valence electrons. The van der Waals surface area contributed by atoms with Crippen molar-refractivity contribution in [3.63, 3.8) is 0 Å². The molecule has 0 spiro atoms. The summed E-state index contributed by atoms with van der Waals surface area (Å²) in [6.45, 7) is 6.45. The van der Waals surface area contributed by atoms with Crippen LogP contribution in [0.2, 0.25) is 0 Å².